The van der Waals surface area contributed by atoms with Gasteiger partial charge in [-0.1, -0.05) is 102 Å². The summed E-state index contributed by atoms with van der Waals surface area (Å²) in [6.45, 7) is 15.2. The van der Waals surface area contributed by atoms with Crippen molar-refractivity contribution in [2.45, 2.75) is 137 Å². The fraction of sp³-hybridized carbons (Fsp3) is 0.469. The Balaban J connectivity index is 1.52. The third-order valence-electron chi connectivity index (χ3n) is 14.7. The van der Waals surface area contributed by atoms with Crippen LogP contribution < -0.4 is 4.74 Å². The van der Waals surface area contributed by atoms with Crippen LogP contribution in [0.5, 0.6) is 5.75 Å². The third kappa shape index (κ3) is 17.9. The molecular formula is C64H78F2O13. The van der Waals surface area contributed by atoms with E-state index in [0.29, 0.717) is 72.4 Å². The zero-order chi connectivity index (χ0) is 57.6. The minimum atomic E-state index is -1.33. The van der Waals surface area contributed by atoms with Gasteiger partial charge in [0.25, 0.3) is 0 Å². The molecule has 4 aromatic rings. The molecule has 5 rings (SSSR count). The number of aryl methyl sites for hydroxylation is 3. The highest BCUT2D eigenvalue weighted by atomic mass is 19.1. The molecule has 15 heteroatoms. The van der Waals surface area contributed by atoms with Crippen LogP contribution in [0, 0.1) is 23.0 Å². The van der Waals surface area contributed by atoms with Gasteiger partial charge in [0.1, 0.15) is 37.2 Å². The molecule has 0 heterocycles. The van der Waals surface area contributed by atoms with Crippen LogP contribution in [0.2, 0.25) is 0 Å². The fourth-order valence-corrected chi connectivity index (χ4v) is 9.86. The van der Waals surface area contributed by atoms with Gasteiger partial charge in [0.2, 0.25) is 0 Å². The maximum absolute atomic E-state index is 16.4. The lowest BCUT2D eigenvalue weighted by molar-refractivity contribution is -0.174. The van der Waals surface area contributed by atoms with E-state index in [-0.39, 0.29) is 43.0 Å². The Bertz CT molecular complexity index is 2730. The van der Waals surface area contributed by atoms with E-state index >= 15 is 8.78 Å². The molecule has 0 unspecified atom stereocenters. The van der Waals surface area contributed by atoms with Crippen molar-refractivity contribution in [3.05, 3.63) is 125 Å². The number of halogens is 2. The number of hydrogen-bond acceptors (Lipinski definition) is 13. The molecule has 1 aliphatic carbocycles. The van der Waals surface area contributed by atoms with E-state index in [9.17, 15) is 28.8 Å². The lowest BCUT2D eigenvalue weighted by Gasteiger charge is -2.32. The Kier molecular flexibility index (Phi) is 24.5. The second-order valence-electron chi connectivity index (χ2n) is 20.7. The SMILES string of the molecule is C=C(C)C(=O)OCCCCc1cc(-c2ccc(-c3c(F)cc(-c4ccc(C5CCC(CCCCC)CC5)cc4)cc3F)cc2CC)cc(CCCOC(=O)C(=C)C)c1OCC(CC)(COC(=O)C(=O)OC)COC(=O)C(=O)OC. The Labute approximate surface area is 464 Å². The van der Waals surface area contributed by atoms with Crippen molar-refractivity contribution >= 4 is 35.8 Å². The predicted octanol–water partition coefficient (Wildman–Crippen LogP) is 13.1. The molecule has 1 aliphatic rings. The molecule has 0 aliphatic heterocycles. The molecule has 0 aromatic heterocycles. The number of hydrogen-bond donors (Lipinski definition) is 0. The van der Waals surface area contributed by atoms with E-state index in [4.69, 9.17) is 23.7 Å². The number of ether oxygens (including phenoxy) is 7. The molecule has 426 valence electrons. The van der Waals surface area contributed by atoms with E-state index in [1.807, 2.05) is 37.3 Å². The van der Waals surface area contributed by atoms with E-state index in [1.54, 1.807) is 32.9 Å². The monoisotopic (exact) mass is 1090 g/mol. The maximum atomic E-state index is 16.4. The predicted molar refractivity (Wildman–Crippen MR) is 298 cm³/mol. The highest BCUT2D eigenvalue weighted by Crippen LogP contribution is 2.41. The summed E-state index contributed by atoms with van der Waals surface area (Å²) >= 11 is 0. The number of benzene rings is 4. The smallest absolute Gasteiger partial charge is 0.417 e. The zero-order valence-corrected chi connectivity index (χ0v) is 47.1. The summed E-state index contributed by atoms with van der Waals surface area (Å²) in [6, 6.07) is 20.1. The number of rotatable bonds is 28. The van der Waals surface area contributed by atoms with Crippen LogP contribution in [0.15, 0.2) is 91.0 Å². The second kappa shape index (κ2) is 30.8. The van der Waals surface area contributed by atoms with Crippen molar-refractivity contribution in [2.24, 2.45) is 11.3 Å². The van der Waals surface area contributed by atoms with Crippen molar-refractivity contribution in [2.75, 3.05) is 47.3 Å². The van der Waals surface area contributed by atoms with E-state index in [2.05, 4.69) is 41.7 Å². The molecule has 0 N–H and O–H groups in total. The maximum Gasteiger partial charge on any atom is 0.417 e. The Morgan fingerprint density at radius 3 is 1.61 bits per heavy atom. The molecule has 0 spiro atoms. The summed E-state index contributed by atoms with van der Waals surface area (Å²) < 4.78 is 70.0. The average molecular weight is 1090 g/mol. The van der Waals surface area contributed by atoms with Crippen LogP contribution in [0.4, 0.5) is 8.78 Å². The summed E-state index contributed by atoms with van der Waals surface area (Å²) in [5.41, 5.74) is 5.49. The summed E-state index contributed by atoms with van der Waals surface area (Å²) in [4.78, 5) is 74.0. The van der Waals surface area contributed by atoms with Gasteiger partial charge in [-0.25, -0.2) is 37.5 Å². The van der Waals surface area contributed by atoms with Crippen LogP contribution in [-0.4, -0.2) is 83.1 Å². The summed E-state index contributed by atoms with van der Waals surface area (Å²) in [6.07, 6.45) is 12.5. The van der Waals surface area contributed by atoms with Crippen LogP contribution in [0.25, 0.3) is 33.4 Å². The third-order valence-corrected chi connectivity index (χ3v) is 14.7. The Morgan fingerprint density at radius 1 is 0.557 bits per heavy atom. The van der Waals surface area contributed by atoms with E-state index < -0.39 is 66.1 Å². The van der Waals surface area contributed by atoms with Crippen molar-refractivity contribution in [3.8, 4) is 39.1 Å². The summed E-state index contributed by atoms with van der Waals surface area (Å²) in [5, 5.41) is 0. The van der Waals surface area contributed by atoms with Gasteiger partial charge < -0.3 is 33.2 Å². The average Bonchev–Trinajstić information content (AvgIpc) is 3.48. The van der Waals surface area contributed by atoms with Crippen molar-refractivity contribution in [1.82, 2.24) is 0 Å². The van der Waals surface area contributed by atoms with Gasteiger partial charge in [0.05, 0.1) is 38.4 Å². The Hall–Kier alpha value is -7.16. The minimum absolute atomic E-state index is 0.0287. The largest absolute Gasteiger partial charge is 0.492 e. The number of unbranched alkanes of at least 4 members (excludes halogenated alkanes) is 3. The van der Waals surface area contributed by atoms with Gasteiger partial charge in [-0.05, 0) is 171 Å². The zero-order valence-electron chi connectivity index (χ0n) is 47.1. The van der Waals surface area contributed by atoms with Crippen LogP contribution >= 0.6 is 0 Å². The first-order valence-electron chi connectivity index (χ1n) is 27.5. The second-order valence-corrected chi connectivity index (χ2v) is 20.7. The lowest BCUT2D eigenvalue weighted by atomic mass is 9.77. The van der Waals surface area contributed by atoms with Crippen LogP contribution in [-0.2, 0) is 76.5 Å². The van der Waals surface area contributed by atoms with Crippen molar-refractivity contribution in [1.29, 1.82) is 0 Å². The summed E-state index contributed by atoms with van der Waals surface area (Å²) in [5.74, 6) is -5.89. The number of carbonyl (C=O) groups is 6. The molecular weight excluding hydrogens is 1010 g/mol. The first-order chi connectivity index (χ1) is 37.9. The van der Waals surface area contributed by atoms with Crippen LogP contribution in [0.3, 0.4) is 0 Å². The standard InChI is InChI=1S/C64H78F2O13/c1-10-13-14-18-43-21-23-45(24-22-43)46-25-27-47(28-26-46)51-36-54(65)56(55(66)37-51)48-29-30-53(44(11-2)33-48)52-34-49(19-15-16-31-75-58(67)41(4)5)57(50(35-52)20-17-32-76-59(68)42(6)7)77-38-64(12-3,39-78-62(71)60(69)73-8)40-79-63(72)61(70)74-9/h25-30,33-37,43,45H,4,6,10-24,31-32,38-40H2,1-3,5,7-9H3. The number of esters is 6. The van der Waals surface area contributed by atoms with Gasteiger partial charge >= 0.3 is 35.8 Å². The minimum Gasteiger partial charge on any atom is -0.492 e. The molecule has 4 aromatic carbocycles. The summed E-state index contributed by atoms with van der Waals surface area (Å²) in [7, 11) is 2.04. The molecule has 0 amide bonds. The topological polar surface area (TPSA) is 167 Å². The van der Waals surface area contributed by atoms with Gasteiger partial charge in [0.15, 0.2) is 0 Å². The molecule has 0 saturated heterocycles. The highest BCUT2D eigenvalue weighted by Gasteiger charge is 2.36. The van der Waals surface area contributed by atoms with E-state index in [0.717, 1.165) is 55.2 Å². The normalized spacial score (nSPS) is 14.1. The molecule has 1 fully saturated rings. The molecule has 79 heavy (non-hydrogen) atoms. The molecule has 13 nitrogen and oxygen atoms in total. The van der Waals surface area contributed by atoms with Gasteiger partial charge in [-0.15, -0.1) is 0 Å². The van der Waals surface area contributed by atoms with Gasteiger partial charge in [-0.2, -0.15) is 0 Å². The quantitative estimate of drug-likeness (QED) is 0.0173. The fourth-order valence-electron chi connectivity index (χ4n) is 9.86. The molecule has 0 bridgehead atoms. The Morgan fingerprint density at radius 2 is 1.09 bits per heavy atom. The lowest BCUT2D eigenvalue weighted by Crippen LogP contribution is -2.41. The van der Waals surface area contributed by atoms with Gasteiger partial charge in [-0.3, -0.25) is 0 Å². The van der Waals surface area contributed by atoms with Gasteiger partial charge in [0, 0.05) is 11.1 Å². The first kappa shape index (κ1) is 62.7. The van der Waals surface area contributed by atoms with E-state index in [1.165, 1.54) is 56.2 Å². The molecule has 1 saturated carbocycles. The van der Waals surface area contributed by atoms with Crippen molar-refractivity contribution < 1.29 is 70.7 Å². The highest BCUT2D eigenvalue weighted by molar-refractivity contribution is 6.30. The van der Waals surface area contributed by atoms with Crippen molar-refractivity contribution in [3.63, 3.8) is 0 Å². The number of methoxy groups -OCH3 is 2. The number of carbonyl (C=O) groups excluding carboxylic acids is 6. The molecule has 0 atom stereocenters. The molecule has 0 radical (unpaired) electrons. The first-order valence-corrected chi connectivity index (χ1v) is 27.5. The van der Waals surface area contributed by atoms with Crippen LogP contribution in [0.1, 0.15) is 140 Å².